The minimum absolute atomic E-state index is 0. The molecule has 26 heavy (non-hydrogen) atoms. The monoisotopic (exact) mass is 378 g/mol. The summed E-state index contributed by atoms with van der Waals surface area (Å²) < 4.78 is 11.0. The van der Waals surface area contributed by atoms with E-state index in [4.69, 9.17) is 15.2 Å². The van der Waals surface area contributed by atoms with Crippen molar-refractivity contribution < 1.29 is 14.3 Å². The molecule has 1 amide bonds. The minimum Gasteiger partial charge on any atom is -0.493 e. The molecular weight excluding hydrogens is 352 g/mol. The summed E-state index contributed by atoms with van der Waals surface area (Å²) in [4.78, 5) is 14.2. The third-order valence-corrected chi connectivity index (χ3v) is 4.24. The van der Waals surface area contributed by atoms with Crippen LogP contribution in [0.15, 0.2) is 54.6 Å². The Bertz CT molecular complexity index is 682. The van der Waals surface area contributed by atoms with Crippen LogP contribution in [0, 0.1) is 5.92 Å². The van der Waals surface area contributed by atoms with Gasteiger partial charge in [-0.1, -0.05) is 49.4 Å². The highest BCUT2D eigenvalue weighted by Gasteiger charge is 2.24. The van der Waals surface area contributed by atoms with Crippen LogP contribution < -0.4 is 15.2 Å². The molecule has 2 rings (SSSR count). The van der Waals surface area contributed by atoms with Gasteiger partial charge in [0.15, 0.2) is 11.5 Å². The lowest BCUT2D eigenvalue weighted by atomic mass is 9.94. The van der Waals surface area contributed by atoms with Gasteiger partial charge in [0.2, 0.25) is 5.91 Å². The van der Waals surface area contributed by atoms with Crippen molar-refractivity contribution in [3.63, 3.8) is 0 Å². The lowest BCUT2D eigenvalue weighted by molar-refractivity contribution is -0.134. The maximum Gasteiger partial charge on any atom is 0.227 e. The summed E-state index contributed by atoms with van der Waals surface area (Å²) in [6.07, 6.45) is 0. The summed E-state index contributed by atoms with van der Waals surface area (Å²) >= 11 is 0. The van der Waals surface area contributed by atoms with Crippen molar-refractivity contribution in [2.24, 2.45) is 11.7 Å². The van der Waals surface area contributed by atoms with Crippen molar-refractivity contribution in [2.75, 3.05) is 27.3 Å². The van der Waals surface area contributed by atoms with E-state index in [-0.39, 0.29) is 30.3 Å². The van der Waals surface area contributed by atoms with Gasteiger partial charge in [0, 0.05) is 13.1 Å². The number of carbonyl (C=O) groups excluding carboxylic acids is 1. The molecule has 0 aliphatic carbocycles. The molecule has 0 saturated heterocycles. The first kappa shape index (κ1) is 21.8. The molecule has 0 spiro atoms. The highest BCUT2D eigenvalue weighted by molar-refractivity contribution is 5.85. The smallest absolute Gasteiger partial charge is 0.227 e. The third kappa shape index (κ3) is 5.64. The standard InChI is InChI=1S/C20H26N2O3.ClH/c1-15(19(21)16-9-5-4-6-10-16)20(23)22(2)13-14-25-18-12-8-7-11-17(18)24-3;/h4-12,15,19H,13-14,21H2,1-3H3;1H. The molecule has 142 valence electrons. The van der Waals surface area contributed by atoms with Crippen molar-refractivity contribution in [3.05, 3.63) is 60.2 Å². The molecule has 0 aliphatic rings. The number of para-hydroxylation sites is 2. The first-order valence-corrected chi connectivity index (χ1v) is 8.36. The zero-order valence-corrected chi connectivity index (χ0v) is 16.2. The molecule has 0 radical (unpaired) electrons. The van der Waals surface area contributed by atoms with E-state index in [0.29, 0.717) is 24.7 Å². The Morgan fingerprint density at radius 2 is 1.65 bits per heavy atom. The van der Waals surface area contributed by atoms with Crippen molar-refractivity contribution in [1.29, 1.82) is 0 Å². The van der Waals surface area contributed by atoms with Crippen LogP contribution in [0.2, 0.25) is 0 Å². The molecule has 2 aromatic carbocycles. The number of halogens is 1. The van der Waals surface area contributed by atoms with Gasteiger partial charge in [0.1, 0.15) is 6.61 Å². The van der Waals surface area contributed by atoms with E-state index < -0.39 is 0 Å². The van der Waals surface area contributed by atoms with E-state index >= 15 is 0 Å². The fourth-order valence-corrected chi connectivity index (χ4v) is 2.61. The molecule has 2 N–H and O–H groups in total. The molecule has 0 fully saturated rings. The molecule has 0 bridgehead atoms. The van der Waals surface area contributed by atoms with E-state index in [9.17, 15) is 4.79 Å². The quantitative estimate of drug-likeness (QED) is 0.765. The van der Waals surface area contributed by atoms with E-state index in [1.54, 1.807) is 19.1 Å². The number of nitrogens with two attached hydrogens (primary N) is 1. The summed E-state index contributed by atoms with van der Waals surface area (Å²) in [6.45, 7) is 2.72. The molecular formula is C20H27ClN2O3. The Hall–Kier alpha value is -2.24. The Morgan fingerprint density at radius 1 is 1.08 bits per heavy atom. The average molecular weight is 379 g/mol. The topological polar surface area (TPSA) is 64.8 Å². The number of carbonyl (C=O) groups is 1. The number of hydrogen-bond donors (Lipinski definition) is 1. The number of ether oxygens (including phenoxy) is 2. The van der Waals surface area contributed by atoms with Crippen LogP contribution in [0.25, 0.3) is 0 Å². The van der Waals surface area contributed by atoms with Gasteiger partial charge in [-0.05, 0) is 17.7 Å². The van der Waals surface area contributed by atoms with Gasteiger partial charge in [-0.15, -0.1) is 12.4 Å². The number of rotatable bonds is 8. The molecule has 2 atom stereocenters. The summed E-state index contributed by atoms with van der Waals surface area (Å²) in [7, 11) is 3.37. The molecule has 2 aromatic rings. The first-order valence-electron chi connectivity index (χ1n) is 8.36. The number of likely N-dealkylation sites (N-methyl/N-ethyl adjacent to an activating group) is 1. The van der Waals surface area contributed by atoms with Gasteiger partial charge in [-0.25, -0.2) is 0 Å². The minimum atomic E-state index is -0.328. The third-order valence-electron chi connectivity index (χ3n) is 4.24. The van der Waals surface area contributed by atoms with E-state index in [2.05, 4.69) is 0 Å². The largest absolute Gasteiger partial charge is 0.493 e. The maximum atomic E-state index is 12.6. The SMILES string of the molecule is COc1ccccc1OCCN(C)C(=O)C(C)C(N)c1ccccc1.Cl. The van der Waals surface area contributed by atoms with Gasteiger partial charge in [-0.3, -0.25) is 4.79 Å². The Labute approximate surface area is 161 Å². The van der Waals surface area contributed by atoms with E-state index in [0.717, 1.165) is 5.56 Å². The Morgan fingerprint density at radius 3 is 2.27 bits per heavy atom. The number of benzene rings is 2. The lowest BCUT2D eigenvalue weighted by Crippen LogP contribution is -2.39. The van der Waals surface area contributed by atoms with Crippen LogP contribution in [-0.2, 0) is 4.79 Å². The second-order valence-electron chi connectivity index (χ2n) is 5.98. The summed E-state index contributed by atoms with van der Waals surface area (Å²) in [5, 5.41) is 0. The van der Waals surface area contributed by atoms with Crippen molar-refractivity contribution >= 4 is 18.3 Å². The molecule has 6 heteroatoms. The number of methoxy groups -OCH3 is 1. The van der Waals surface area contributed by atoms with Gasteiger partial charge < -0.3 is 20.1 Å². The van der Waals surface area contributed by atoms with Crippen LogP contribution in [0.5, 0.6) is 11.5 Å². The lowest BCUT2D eigenvalue weighted by Gasteiger charge is -2.25. The fourth-order valence-electron chi connectivity index (χ4n) is 2.61. The summed E-state index contributed by atoms with van der Waals surface area (Å²) in [5.74, 6) is 1.04. The molecule has 0 heterocycles. The second-order valence-corrected chi connectivity index (χ2v) is 5.98. The average Bonchev–Trinajstić information content (AvgIpc) is 2.67. The first-order chi connectivity index (χ1) is 12.0. The number of hydrogen-bond acceptors (Lipinski definition) is 4. The highest BCUT2D eigenvalue weighted by atomic mass is 35.5. The fraction of sp³-hybridized carbons (Fsp3) is 0.350. The van der Waals surface area contributed by atoms with Gasteiger partial charge >= 0.3 is 0 Å². The molecule has 5 nitrogen and oxygen atoms in total. The zero-order chi connectivity index (χ0) is 18.2. The Kier molecular flexibility index (Phi) is 8.96. The van der Waals surface area contributed by atoms with E-state index in [1.807, 2.05) is 61.5 Å². The normalized spacial score (nSPS) is 12.5. The molecule has 0 saturated carbocycles. The van der Waals surface area contributed by atoms with Gasteiger partial charge in [0.25, 0.3) is 0 Å². The summed E-state index contributed by atoms with van der Waals surface area (Å²) in [6, 6.07) is 16.8. The number of amides is 1. The predicted molar refractivity (Wildman–Crippen MR) is 106 cm³/mol. The van der Waals surface area contributed by atoms with Crippen LogP contribution in [-0.4, -0.2) is 38.1 Å². The number of nitrogens with zero attached hydrogens (tertiary/aromatic N) is 1. The van der Waals surface area contributed by atoms with Crippen LogP contribution >= 0.6 is 12.4 Å². The highest BCUT2D eigenvalue weighted by Crippen LogP contribution is 2.25. The van der Waals surface area contributed by atoms with Crippen molar-refractivity contribution in [3.8, 4) is 11.5 Å². The molecule has 0 aromatic heterocycles. The zero-order valence-electron chi connectivity index (χ0n) is 15.4. The van der Waals surface area contributed by atoms with E-state index in [1.165, 1.54) is 0 Å². The van der Waals surface area contributed by atoms with Crippen molar-refractivity contribution in [1.82, 2.24) is 4.90 Å². The molecule has 0 aliphatic heterocycles. The maximum absolute atomic E-state index is 12.6. The van der Waals surface area contributed by atoms with Gasteiger partial charge in [0.05, 0.1) is 19.6 Å². The van der Waals surface area contributed by atoms with Gasteiger partial charge in [-0.2, -0.15) is 0 Å². The Balaban J connectivity index is 0.00000338. The second kappa shape index (κ2) is 10.7. The van der Waals surface area contributed by atoms with Crippen molar-refractivity contribution in [2.45, 2.75) is 13.0 Å². The van der Waals surface area contributed by atoms with Crippen LogP contribution in [0.3, 0.4) is 0 Å². The van der Waals surface area contributed by atoms with Crippen LogP contribution in [0.1, 0.15) is 18.5 Å². The molecule has 2 unspecified atom stereocenters. The summed E-state index contributed by atoms with van der Waals surface area (Å²) in [5.41, 5.74) is 7.20. The predicted octanol–water partition coefficient (Wildman–Crippen LogP) is 3.29. The van der Waals surface area contributed by atoms with Crippen LogP contribution in [0.4, 0.5) is 0 Å².